The van der Waals surface area contributed by atoms with Crippen LogP contribution in [-0.4, -0.2) is 24.0 Å². The Morgan fingerprint density at radius 1 is 1.32 bits per heavy atom. The van der Waals surface area contributed by atoms with E-state index in [1.54, 1.807) is 0 Å². The highest BCUT2D eigenvalue weighted by Crippen LogP contribution is 2.31. The molecule has 0 saturated carbocycles. The molecule has 2 bridgehead atoms. The van der Waals surface area contributed by atoms with Gasteiger partial charge in [-0.2, -0.15) is 0 Å². The Morgan fingerprint density at radius 3 is 2.63 bits per heavy atom. The summed E-state index contributed by atoms with van der Waals surface area (Å²) in [4.78, 5) is 11.6. The van der Waals surface area contributed by atoms with Crippen LogP contribution in [0.1, 0.15) is 36.0 Å². The zero-order chi connectivity index (χ0) is 13.4. The maximum atomic E-state index is 11.6. The van der Waals surface area contributed by atoms with Crippen LogP contribution in [0.5, 0.6) is 0 Å². The summed E-state index contributed by atoms with van der Waals surface area (Å²) in [5, 5.41) is 7.12. The number of hydrogen-bond donors (Lipinski definition) is 3. The number of nitrogens with two attached hydrogens (primary N) is 1. The maximum Gasteiger partial charge on any atom is 0.251 e. The van der Waals surface area contributed by atoms with E-state index in [0.717, 1.165) is 23.0 Å². The third-order valence-corrected chi connectivity index (χ3v) is 4.75. The normalized spacial score (nSPS) is 29.2. The highest BCUT2D eigenvalue weighted by atomic mass is 79.9. The van der Waals surface area contributed by atoms with Crippen LogP contribution < -0.4 is 16.4 Å². The van der Waals surface area contributed by atoms with E-state index in [1.807, 2.05) is 18.2 Å². The first-order valence-electron chi connectivity index (χ1n) is 6.74. The van der Waals surface area contributed by atoms with Gasteiger partial charge in [0, 0.05) is 28.3 Å². The molecular formula is C14H18BrN3O. The summed E-state index contributed by atoms with van der Waals surface area (Å²) in [5.74, 6) is -0.396. The van der Waals surface area contributed by atoms with Crippen molar-refractivity contribution in [2.75, 3.05) is 5.32 Å². The molecule has 2 aliphatic rings. The van der Waals surface area contributed by atoms with E-state index in [4.69, 9.17) is 5.73 Å². The summed E-state index contributed by atoms with van der Waals surface area (Å²) in [6.07, 6.45) is 4.76. The summed E-state index contributed by atoms with van der Waals surface area (Å²) < 4.78 is 0.752. The van der Waals surface area contributed by atoms with E-state index < -0.39 is 5.91 Å². The van der Waals surface area contributed by atoms with Crippen molar-refractivity contribution in [2.24, 2.45) is 5.73 Å². The Bertz CT molecular complexity index is 493. The molecule has 4 nitrogen and oxygen atoms in total. The number of halogens is 1. The van der Waals surface area contributed by atoms with Crippen molar-refractivity contribution in [3.8, 4) is 0 Å². The lowest BCUT2D eigenvalue weighted by atomic mass is 9.99. The molecule has 102 valence electrons. The standard InChI is InChI=1S/C14H18BrN3O/c15-11-2-1-3-12(13(11)14(16)19)18-10-6-8-4-5-9(7-10)17-8/h1-3,8-10,17-18H,4-7H2,(H2,16,19). The number of amides is 1. The van der Waals surface area contributed by atoms with Crippen LogP contribution in [0.15, 0.2) is 22.7 Å². The van der Waals surface area contributed by atoms with Crippen LogP contribution in [0.3, 0.4) is 0 Å². The molecule has 19 heavy (non-hydrogen) atoms. The second kappa shape index (κ2) is 5.13. The van der Waals surface area contributed by atoms with Gasteiger partial charge in [0.05, 0.1) is 5.56 Å². The van der Waals surface area contributed by atoms with Gasteiger partial charge in [0.1, 0.15) is 0 Å². The summed E-state index contributed by atoms with van der Waals surface area (Å²) in [7, 11) is 0. The Hall–Kier alpha value is -1.07. The lowest BCUT2D eigenvalue weighted by Crippen LogP contribution is -2.43. The number of carbonyl (C=O) groups excluding carboxylic acids is 1. The zero-order valence-electron chi connectivity index (χ0n) is 10.7. The fraction of sp³-hybridized carbons (Fsp3) is 0.500. The van der Waals surface area contributed by atoms with Gasteiger partial charge in [-0.05, 0) is 53.7 Å². The second-order valence-electron chi connectivity index (χ2n) is 5.48. The third-order valence-electron chi connectivity index (χ3n) is 4.09. The van der Waals surface area contributed by atoms with Crippen molar-refractivity contribution in [1.29, 1.82) is 0 Å². The van der Waals surface area contributed by atoms with Gasteiger partial charge in [-0.3, -0.25) is 4.79 Å². The molecule has 0 spiro atoms. The number of piperidine rings is 1. The predicted molar refractivity (Wildman–Crippen MR) is 79.3 cm³/mol. The average Bonchev–Trinajstić information content (AvgIpc) is 2.68. The zero-order valence-corrected chi connectivity index (χ0v) is 12.2. The molecule has 0 aromatic heterocycles. The van der Waals surface area contributed by atoms with Crippen molar-refractivity contribution in [3.05, 3.63) is 28.2 Å². The van der Waals surface area contributed by atoms with E-state index in [9.17, 15) is 4.79 Å². The minimum atomic E-state index is -0.396. The number of anilines is 1. The highest BCUT2D eigenvalue weighted by molar-refractivity contribution is 9.10. The lowest BCUT2D eigenvalue weighted by Gasteiger charge is -2.31. The Kier molecular flexibility index (Phi) is 3.50. The SMILES string of the molecule is NC(=O)c1c(Br)cccc1NC1CC2CCC(C1)N2. The van der Waals surface area contributed by atoms with Crippen molar-refractivity contribution in [1.82, 2.24) is 5.32 Å². The largest absolute Gasteiger partial charge is 0.382 e. The molecule has 2 unspecified atom stereocenters. The monoisotopic (exact) mass is 323 g/mol. The average molecular weight is 324 g/mol. The third kappa shape index (κ3) is 2.62. The predicted octanol–water partition coefficient (Wildman–Crippen LogP) is 2.24. The van der Waals surface area contributed by atoms with Crippen LogP contribution in [0.4, 0.5) is 5.69 Å². The number of primary amides is 1. The summed E-state index contributed by atoms with van der Waals surface area (Å²) in [6.45, 7) is 0. The van der Waals surface area contributed by atoms with Gasteiger partial charge in [-0.25, -0.2) is 0 Å². The molecule has 2 fully saturated rings. The molecule has 1 amide bonds. The quantitative estimate of drug-likeness (QED) is 0.799. The first-order chi connectivity index (χ1) is 9.13. The summed E-state index contributed by atoms with van der Waals surface area (Å²) in [6, 6.07) is 7.37. The summed E-state index contributed by atoms with van der Waals surface area (Å²) in [5.41, 5.74) is 6.86. The Labute approximate surface area is 121 Å². The minimum Gasteiger partial charge on any atom is -0.382 e. The van der Waals surface area contributed by atoms with E-state index in [2.05, 4.69) is 26.6 Å². The molecule has 0 aliphatic carbocycles. The van der Waals surface area contributed by atoms with Gasteiger partial charge in [0.15, 0.2) is 0 Å². The van der Waals surface area contributed by atoms with Crippen LogP contribution in [0, 0.1) is 0 Å². The second-order valence-corrected chi connectivity index (χ2v) is 6.33. The molecule has 5 heteroatoms. The summed E-state index contributed by atoms with van der Waals surface area (Å²) >= 11 is 3.40. The van der Waals surface area contributed by atoms with Gasteiger partial charge in [-0.1, -0.05) is 6.07 Å². The number of hydrogen-bond acceptors (Lipinski definition) is 3. The fourth-order valence-electron chi connectivity index (χ4n) is 3.29. The number of rotatable bonds is 3. The molecular weight excluding hydrogens is 306 g/mol. The van der Waals surface area contributed by atoms with Crippen molar-refractivity contribution >= 4 is 27.5 Å². The minimum absolute atomic E-state index is 0.396. The van der Waals surface area contributed by atoms with E-state index in [1.165, 1.54) is 12.8 Å². The van der Waals surface area contributed by atoms with Gasteiger partial charge < -0.3 is 16.4 Å². The van der Waals surface area contributed by atoms with Crippen LogP contribution in [0.2, 0.25) is 0 Å². The number of nitrogens with one attached hydrogen (secondary N) is 2. The van der Waals surface area contributed by atoms with Gasteiger partial charge >= 0.3 is 0 Å². The van der Waals surface area contributed by atoms with Crippen molar-refractivity contribution < 1.29 is 4.79 Å². The van der Waals surface area contributed by atoms with Gasteiger partial charge in [0.25, 0.3) is 5.91 Å². The van der Waals surface area contributed by atoms with E-state index in [0.29, 0.717) is 23.7 Å². The van der Waals surface area contributed by atoms with E-state index >= 15 is 0 Å². The molecule has 2 atom stereocenters. The number of fused-ring (bicyclic) bond motifs is 2. The molecule has 2 saturated heterocycles. The van der Waals surface area contributed by atoms with Crippen LogP contribution in [-0.2, 0) is 0 Å². The van der Waals surface area contributed by atoms with Crippen LogP contribution in [0.25, 0.3) is 0 Å². The van der Waals surface area contributed by atoms with Crippen LogP contribution >= 0.6 is 15.9 Å². The molecule has 1 aromatic rings. The van der Waals surface area contributed by atoms with Crippen molar-refractivity contribution in [2.45, 2.75) is 43.8 Å². The molecule has 1 aromatic carbocycles. The highest BCUT2D eigenvalue weighted by Gasteiger charge is 2.33. The van der Waals surface area contributed by atoms with E-state index in [-0.39, 0.29) is 0 Å². The molecule has 0 radical (unpaired) electrons. The number of carbonyl (C=O) groups is 1. The topological polar surface area (TPSA) is 67.2 Å². The van der Waals surface area contributed by atoms with Gasteiger partial charge in [-0.15, -0.1) is 0 Å². The fourth-order valence-corrected chi connectivity index (χ4v) is 3.85. The maximum absolute atomic E-state index is 11.6. The first kappa shape index (κ1) is 12.9. The molecule has 2 aliphatic heterocycles. The first-order valence-corrected chi connectivity index (χ1v) is 7.53. The van der Waals surface area contributed by atoms with Crippen molar-refractivity contribution in [3.63, 3.8) is 0 Å². The molecule has 3 rings (SSSR count). The lowest BCUT2D eigenvalue weighted by molar-refractivity contribution is 0.100. The smallest absolute Gasteiger partial charge is 0.251 e. The Balaban J connectivity index is 1.80. The Morgan fingerprint density at radius 2 is 2.00 bits per heavy atom. The van der Waals surface area contributed by atoms with Gasteiger partial charge in [0.2, 0.25) is 0 Å². The molecule has 4 N–H and O–H groups in total. The number of benzene rings is 1. The molecule has 2 heterocycles.